The third-order valence-electron chi connectivity index (χ3n) is 9.89. The SMILES string of the molecule is C=CC(=O)N1CC(C)N2CCN(CCN3C[C@H]4CC(=O)N(c5cc(C(F)(F)F)cc(C)n5)[C@@H]4C(=O)N(C)c4cccc(F)c43)CC2C1. The number of alkyl halides is 3. The first-order chi connectivity index (χ1) is 22.3. The molecule has 47 heavy (non-hydrogen) atoms. The van der Waals surface area contributed by atoms with Crippen molar-refractivity contribution in [3.8, 4) is 0 Å². The first-order valence-corrected chi connectivity index (χ1v) is 15.8. The zero-order chi connectivity index (χ0) is 33.8. The molecule has 4 aliphatic rings. The van der Waals surface area contributed by atoms with Crippen molar-refractivity contribution < 1.29 is 31.9 Å². The average molecular weight is 658 g/mol. The van der Waals surface area contributed by atoms with Crippen molar-refractivity contribution >= 4 is 34.9 Å². The maximum Gasteiger partial charge on any atom is 0.416 e. The Hall–Kier alpha value is -4.04. The molecule has 6 rings (SSSR count). The zero-order valence-electron chi connectivity index (χ0n) is 26.7. The van der Waals surface area contributed by atoms with Crippen LogP contribution in [0.3, 0.4) is 0 Å². The Morgan fingerprint density at radius 3 is 2.57 bits per heavy atom. The predicted molar refractivity (Wildman–Crippen MR) is 169 cm³/mol. The molecule has 0 saturated carbocycles. The molecular weight excluding hydrogens is 618 g/mol. The number of carbonyl (C=O) groups is 3. The van der Waals surface area contributed by atoms with Gasteiger partial charge in [-0.2, -0.15) is 13.2 Å². The van der Waals surface area contributed by atoms with E-state index in [0.29, 0.717) is 38.4 Å². The number of aryl methyl sites for hydroxylation is 1. The Labute approximate surface area is 271 Å². The lowest BCUT2D eigenvalue weighted by molar-refractivity contribution is -0.137. The number of piperazine rings is 2. The summed E-state index contributed by atoms with van der Waals surface area (Å²) in [6.07, 6.45) is -3.43. The van der Waals surface area contributed by atoms with Crippen molar-refractivity contribution in [2.24, 2.45) is 5.92 Å². The molecule has 2 aromatic rings. The second kappa shape index (κ2) is 12.5. The van der Waals surface area contributed by atoms with Gasteiger partial charge < -0.3 is 14.7 Å². The highest BCUT2D eigenvalue weighted by atomic mass is 19.4. The van der Waals surface area contributed by atoms with E-state index in [9.17, 15) is 27.6 Å². The third kappa shape index (κ3) is 6.20. The van der Waals surface area contributed by atoms with Crippen molar-refractivity contribution in [2.45, 2.75) is 44.6 Å². The van der Waals surface area contributed by atoms with E-state index in [-0.39, 0.29) is 48.2 Å². The lowest BCUT2D eigenvalue weighted by atomic mass is 9.95. The molecule has 3 amide bonds. The van der Waals surface area contributed by atoms with E-state index in [1.807, 2.05) is 9.80 Å². The van der Waals surface area contributed by atoms with Crippen molar-refractivity contribution in [3.05, 3.63) is 60.1 Å². The van der Waals surface area contributed by atoms with Gasteiger partial charge in [-0.1, -0.05) is 12.6 Å². The van der Waals surface area contributed by atoms with Crippen molar-refractivity contribution in [1.82, 2.24) is 19.7 Å². The molecule has 0 bridgehead atoms. The van der Waals surface area contributed by atoms with Crippen LogP contribution in [0, 0.1) is 18.7 Å². The van der Waals surface area contributed by atoms with E-state index in [1.54, 1.807) is 6.07 Å². The number of para-hydroxylation sites is 1. The molecule has 0 spiro atoms. The fourth-order valence-corrected chi connectivity index (χ4v) is 7.67. The van der Waals surface area contributed by atoms with Gasteiger partial charge in [-0.25, -0.2) is 9.37 Å². The molecule has 14 heteroatoms. The molecule has 1 aromatic heterocycles. The molecule has 0 N–H and O–H groups in total. The smallest absolute Gasteiger partial charge is 0.366 e. The van der Waals surface area contributed by atoms with Crippen molar-refractivity contribution in [2.75, 3.05) is 74.1 Å². The molecule has 1 aromatic carbocycles. The highest BCUT2D eigenvalue weighted by Crippen LogP contribution is 2.41. The van der Waals surface area contributed by atoms with Gasteiger partial charge in [0, 0.05) is 89.5 Å². The normalized spacial score (nSPS) is 25.7. The van der Waals surface area contributed by atoms with Crippen LogP contribution in [0.15, 0.2) is 43.0 Å². The number of anilines is 3. The van der Waals surface area contributed by atoms with Gasteiger partial charge in [-0.3, -0.25) is 29.1 Å². The number of likely N-dealkylation sites (N-methyl/N-ethyl adjacent to an activating group) is 1. The standard InChI is InChI=1S/C33H39F4N7O3/c1-5-28(45)42-16-21(3)43-12-10-40(18-24(43)19-42)9-11-41-17-22-14-29(46)44(27-15-23(33(35,36)37)13-20(2)38-27)30(22)32(47)39(4)26-8-6-7-25(34)31(26)41/h5-8,13,15,21-22,24,30H,1,9-12,14,16-19H2,2-4H3/t21?,22-,24?,30+/m1/s1. The summed E-state index contributed by atoms with van der Waals surface area (Å²) in [6.45, 7) is 11.8. The van der Waals surface area contributed by atoms with E-state index >= 15 is 4.39 Å². The number of pyridine rings is 1. The van der Waals surface area contributed by atoms with Gasteiger partial charge in [0.2, 0.25) is 17.7 Å². The number of rotatable bonds is 5. The predicted octanol–water partition coefficient (Wildman–Crippen LogP) is 3.16. The number of aromatic nitrogens is 1. The van der Waals surface area contributed by atoms with Gasteiger partial charge >= 0.3 is 6.18 Å². The van der Waals surface area contributed by atoms with Crippen molar-refractivity contribution in [1.29, 1.82) is 0 Å². The van der Waals surface area contributed by atoms with Crippen LogP contribution >= 0.6 is 0 Å². The molecule has 0 aliphatic carbocycles. The van der Waals surface area contributed by atoms with Gasteiger partial charge in [-0.15, -0.1) is 0 Å². The molecule has 10 nitrogen and oxygen atoms in total. The summed E-state index contributed by atoms with van der Waals surface area (Å²) < 4.78 is 56.8. The van der Waals surface area contributed by atoms with Gasteiger partial charge in [0.05, 0.1) is 16.9 Å². The summed E-state index contributed by atoms with van der Waals surface area (Å²) in [5.74, 6) is -2.50. The average Bonchev–Trinajstić information content (AvgIpc) is 3.35. The van der Waals surface area contributed by atoms with Crippen LogP contribution < -0.4 is 14.7 Å². The molecule has 4 atom stereocenters. The van der Waals surface area contributed by atoms with E-state index in [4.69, 9.17) is 0 Å². The summed E-state index contributed by atoms with van der Waals surface area (Å²) in [5, 5.41) is 0. The van der Waals surface area contributed by atoms with E-state index in [0.717, 1.165) is 30.1 Å². The van der Waals surface area contributed by atoms with Gasteiger partial charge in [-0.05, 0) is 44.2 Å². The summed E-state index contributed by atoms with van der Waals surface area (Å²) in [4.78, 5) is 54.9. The van der Waals surface area contributed by atoms with Crippen LogP contribution in [-0.4, -0.2) is 115 Å². The Morgan fingerprint density at radius 2 is 1.85 bits per heavy atom. The Kier molecular flexibility index (Phi) is 8.77. The lowest BCUT2D eigenvalue weighted by Crippen LogP contribution is -2.66. The van der Waals surface area contributed by atoms with E-state index in [1.165, 1.54) is 37.1 Å². The number of hydrogen-bond acceptors (Lipinski definition) is 7. The third-order valence-corrected chi connectivity index (χ3v) is 9.89. The largest absolute Gasteiger partial charge is 0.416 e. The maximum absolute atomic E-state index is 15.6. The second-order valence-corrected chi connectivity index (χ2v) is 13.0. The van der Waals surface area contributed by atoms with Crippen LogP contribution in [0.25, 0.3) is 0 Å². The van der Waals surface area contributed by atoms with Gasteiger partial charge in [0.15, 0.2) is 0 Å². The minimum atomic E-state index is -4.67. The number of carbonyl (C=O) groups excluding carboxylic acids is 3. The van der Waals surface area contributed by atoms with Gasteiger partial charge in [0.25, 0.3) is 0 Å². The minimum absolute atomic E-state index is 0.0659. The van der Waals surface area contributed by atoms with Crippen LogP contribution in [0.5, 0.6) is 0 Å². The summed E-state index contributed by atoms with van der Waals surface area (Å²) in [7, 11) is 1.49. The number of nitrogens with zero attached hydrogens (tertiary/aromatic N) is 7. The number of halogens is 4. The fourth-order valence-electron chi connectivity index (χ4n) is 7.67. The molecule has 4 aliphatic heterocycles. The van der Waals surface area contributed by atoms with E-state index < -0.39 is 41.3 Å². The molecule has 0 radical (unpaired) electrons. The molecular formula is C33H39F4N7O3. The van der Waals surface area contributed by atoms with Crippen molar-refractivity contribution in [3.63, 3.8) is 0 Å². The highest BCUT2D eigenvalue weighted by molar-refractivity contribution is 6.10. The highest BCUT2D eigenvalue weighted by Gasteiger charge is 2.49. The Bertz CT molecular complexity index is 1590. The van der Waals surface area contributed by atoms with Crippen LogP contribution in [-0.2, 0) is 20.6 Å². The molecule has 3 saturated heterocycles. The fraction of sp³-hybridized carbons (Fsp3) is 0.515. The van der Waals surface area contributed by atoms with E-state index in [2.05, 4.69) is 28.3 Å². The summed E-state index contributed by atoms with van der Waals surface area (Å²) in [6, 6.07) is 5.38. The van der Waals surface area contributed by atoms with Crippen LogP contribution in [0.2, 0.25) is 0 Å². The second-order valence-electron chi connectivity index (χ2n) is 13.0. The number of hydrogen-bond donors (Lipinski definition) is 0. The number of benzene rings is 1. The maximum atomic E-state index is 15.6. The Morgan fingerprint density at radius 1 is 1.09 bits per heavy atom. The Balaban J connectivity index is 1.28. The van der Waals surface area contributed by atoms with Crippen LogP contribution in [0.1, 0.15) is 24.6 Å². The molecule has 2 unspecified atom stereocenters. The quantitative estimate of drug-likeness (QED) is 0.361. The van der Waals surface area contributed by atoms with Crippen LogP contribution in [0.4, 0.5) is 34.8 Å². The number of amides is 3. The minimum Gasteiger partial charge on any atom is -0.366 e. The monoisotopic (exact) mass is 657 g/mol. The molecule has 3 fully saturated rings. The zero-order valence-corrected chi connectivity index (χ0v) is 26.7. The summed E-state index contributed by atoms with van der Waals surface area (Å²) >= 11 is 0. The first kappa shape index (κ1) is 32.9. The topological polar surface area (TPSA) is 83.5 Å². The molecule has 252 valence electrons. The lowest BCUT2D eigenvalue weighted by Gasteiger charge is -2.50. The summed E-state index contributed by atoms with van der Waals surface area (Å²) in [5.41, 5.74) is -0.337. The molecule has 5 heterocycles. The van der Waals surface area contributed by atoms with Gasteiger partial charge in [0.1, 0.15) is 17.7 Å². The first-order valence-electron chi connectivity index (χ1n) is 15.8. The number of fused-ring (bicyclic) bond motifs is 3.